The van der Waals surface area contributed by atoms with Crippen LogP contribution in [0.3, 0.4) is 0 Å². The van der Waals surface area contributed by atoms with Crippen LogP contribution in [0.1, 0.15) is 32.4 Å². The van der Waals surface area contributed by atoms with Crippen molar-refractivity contribution in [1.82, 2.24) is 10.3 Å². The number of ketones is 1. The molecule has 2 aromatic rings. The van der Waals surface area contributed by atoms with E-state index in [0.29, 0.717) is 11.4 Å². The molecule has 182 valence electrons. The van der Waals surface area contributed by atoms with Crippen LogP contribution < -0.4 is 5.32 Å². The number of pyridine rings is 1. The van der Waals surface area contributed by atoms with Gasteiger partial charge in [0.15, 0.2) is 5.78 Å². The van der Waals surface area contributed by atoms with E-state index in [1.54, 1.807) is 20.0 Å². The summed E-state index contributed by atoms with van der Waals surface area (Å²) in [6.07, 6.45) is 1.23. The van der Waals surface area contributed by atoms with Crippen LogP contribution in [-0.2, 0) is 28.7 Å². The Hall–Kier alpha value is -3.40. The number of methoxy groups -OCH3 is 1. The minimum absolute atomic E-state index is 0.0198. The van der Waals surface area contributed by atoms with Crippen molar-refractivity contribution in [1.29, 1.82) is 0 Å². The molecule has 2 heterocycles. The molecule has 1 amide bonds. The largest absolute Gasteiger partial charge is 0.463 e. The van der Waals surface area contributed by atoms with Crippen molar-refractivity contribution in [2.45, 2.75) is 38.3 Å². The van der Waals surface area contributed by atoms with Crippen LogP contribution in [0.4, 0.5) is 4.39 Å². The lowest BCUT2D eigenvalue weighted by molar-refractivity contribution is -0.153. The molecule has 9 nitrogen and oxygen atoms in total. The molecule has 0 radical (unpaired) electrons. The summed E-state index contributed by atoms with van der Waals surface area (Å²) in [5.74, 6) is -2.73. The van der Waals surface area contributed by atoms with Gasteiger partial charge in [-0.15, -0.1) is 0 Å². The van der Waals surface area contributed by atoms with Crippen molar-refractivity contribution in [2.24, 2.45) is 11.1 Å². The molecule has 0 saturated carbocycles. The summed E-state index contributed by atoms with van der Waals surface area (Å²) in [7, 11) is 1.44. The van der Waals surface area contributed by atoms with E-state index in [-0.39, 0.29) is 25.6 Å². The standard InChI is InChI=1S/C24H28FN3O6/c1-15(2)24(23(31)27-18(20(29)14-25)12-21(30)33-11-10-32-3)13-19(28-34-24)22-17-7-5-4-6-16(17)8-9-26-22/h4-9,15,18H,10-14H2,1-3H3,(H,27,31)/t18-,24+/m0/s1. The number of nitrogens with one attached hydrogen (secondary N) is 1. The lowest BCUT2D eigenvalue weighted by Gasteiger charge is -2.30. The van der Waals surface area contributed by atoms with E-state index >= 15 is 0 Å². The van der Waals surface area contributed by atoms with Gasteiger partial charge in [-0.1, -0.05) is 43.3 Å². The van der Waals surface area contributed by atoms with Gasteiger partial charge in [-0.2, -0.15) is 0 Å². The van der Waals surface area contributed by atoms with Crippen LogP contribution in [-0.4, -0.2) is 67.0 Å². The number of alkyl halides is 1. The Balaban J connectivity index is 1.79. The van der Waals surface area contributed by atoms with Gasteiger partial charge in [0.05, 0.1) is 18.7 Å². The predicted molar refractivity (Wildman–Crippen MR) is 122 cm³/mol. The lowest BCUT2D eigenvalue weighted by atomic mass is 9.83. The summed E-state index contributed by atoms with van der Waals surface area (Å²) in [6.45, 7) is 2.37. The zero-order valence-electron chi connectivity index (χ0n) is 19.4. The molecule has 0 unspecified atom stereocenters. The number of aromatic nitrogens is 1. The Labute approximate surface area is 196 Å². The van der Waals surface area contributed by atoms with Crippen LogP contribution in [0.5, 0.6) is 0 Å². The fourth-order valence-corrected chi connectivity index (χ4v) is 3.70. The number of Topliss-reactive ketones (excluding diaryl/α,β-unsaturated/α-hetero) is 1. The number of amides is 1. The third-order valence-electron chi connectivity index (χ3n) is 5.76. The average molecular weight is 474 g/mol. The van der Waals surface area contributed by atoms with Crippen LogP contribution in [0, 0.1) is 5.92 Å². The fraction of sp³-hybridized carbons (Fsp3) is 0.458. The van der Waals surface area contributed by atoms with Gasteiger partial charge < -0.3 is 19.6 Å². The van der Waals surface area contributed by atoms with E-state index in [9.17, 15) is 18.8 Å². The third kappa shape index (κ3) is 5.39. The first-order valence-electron chi connectivity index (χ1n) is 11.0. The Morgan fingerprint density at radius 1 is 1.21 bits per heavy atom. The highest BCUT2D eigenvalue weighted by atomic mass is 19.1. The van der Waals surface area contributed by atoms with Gasteiger partial charge in [-0.05, 0) is 11.5 Å². The minimum atomic E-state index is -1.46. The molecule has 0 bridgehead atoms. The molecule has 1 aliphatic rings. The first kappa shape index (κ1) is 25.2. The van der Waals surface area contributed by atoms with Crippen molar-refractivity contribution in [3.8, 4) is 0 Å². The molecule has 1 aromatic carbocycles. The fourth-order valence-electron chi connectivity index (χ4n) is 3.70. The first-order chi connectivity index (χ1) is 16.3. The summed E-state index contributed by atoms with van der Waals surface area (Å²) in [6, 6.07) is 8.11. The van der Waals surface area contributed by atoms with Gasteiger partial charge in [-0.25, -0.2) is 4.39 Å². The van der Waals surface area contributed by atoms with Crippen LogP contribution in [0.25, 0.3) is 10.8 Å². The van der Waals surface area contributed by atoms with Crippen molar-refractivity contribution >= 4 is 34.1 Å². The molecular weight excluding hydrogens is 445 g/mol. The normalized spacial score (nSPS) is 18.3. The molecule has 1 aromatic heterocycles. The van der Waals surface area contributed by atoms with Crippen molar-refractivity contribution < 1.29 is 33.1 Å². The summed E-state index contributed by atoms with van der Waals surface area (Å²) in [5, 5.41) is 8.47. The number of benzene rings is 1. The topological polar surface area (TPSA) is 116 Å². The number of esters is 1. The zero-order valence-corrected chi connectivity index (χ0v) is 19.4. The quantitative estimate of drug-likeness (QED) is 0.393. The molecule has 0 spiro atoms. The van der Waals surface area contributed by atoms with Crippen molar-refractivity contribution in [2.75, 3.05) is 27.0 Å². The summed E-state index contributed by atoms with van der Waals surface area (Å²) in [5.41, 5.74) is -0.387. The van der Waals surface area contributed by atoms with Crippen LogP contribution in [0.15, 0.2) is 41.7 Å². The van der Waals surface area contributed by atoms with Gasteiger partial charge in [0.1, 0.15) is 25.0 Å². The number of nitrogens with zero attached hydrogens (tertiary/aromatic N) is 2. The van der Waals surface area contributed by atoms with Crippen molar-refractivity contribution in [3.05, 3.63) is 42.2 Å². The molecule has 2 atom stereocenters. The summed E-state index contributed by atoms with van der Waals surface area (Å²) < 4.78 is 22.9. The first-order valence-corrected chi connectivity index (χ1v) is 11.0. The molecule has 34 heavy (non-hydrogen) atoms. The molecular formula is C24H28FN3O6. The van der Waals surface area contributed by atoms with Crippen LogP contribution >= 0.6 is 0 Å². The van der Waals surface area contributed by atoms with Gasteiger partial charge in [0.2, 0.25) is 5.60 Å². The molecule has 0 aliphatic carbocycles. The number of fused-ring (bicyclic) bond motifs is 1. The highest BCUT2D eigenvalue weighted by Crippen LogP contribution is 2.35. The number of carbonyl (C=O) groups is 3. The highest BCUT2D eigenvalue weighted by Gasteiger charge is 2.51. The second-order valence-electron chi connectivity index (χ2n) is 8.27. The second kappa shape index (κ2) is 11.1. The van der Waals surface area contributed by atoms with E-state index in [1.807, 2.05) is 30.3 Å². The number of rotatable bonds is 11. The number of hydrogen-bond acceptors (Lipinski definition) is 8. The van der Waals surface area contributed by atoms with E-state index in [2.05, 4.69) is 15.5 Å². The van der Waals surface area contributed by atoms with Gasteiger partial charge >= 0.3 is 5.97 Å². The molecule has 0 fully saturated rings. The van der Waals surface area contributed by atoms with E-state index in [4.69, 9.17) is 14.3 Å². The maximum Gasteiger partial charge on any atom is 0.308 e. The molecule has 1 aliphatic heterocycles. The molecule has 10 heteroatoms. The Morgan fingerprint density at radius 3 is 2.68 bits per heavy atom. The van der Waals surface area contributed by atoms with Gasteiger partial charge in [0.25, 0.3) is 5.91 Å². The van der Waals surface area contributed by atoms with E-state index < -0.39 is 42.4 Å². The lowest BCUT2D eigenvalue weighted by Crippen LogP contribution is -2.55. The summed E-state index contributed by atoms with van der Waals surface area (Å²) in [4.78, 5) is 47.6. The van der Waals surface area contributed by atoms with Crippen LogP contribution in [0.2, 0.25) is 0 Å². The summed E-state index contributed by atoms with van der Waals surface area (Å²) >= 11 is 0. The number of oxime groups is 1. The average Bonchev–Trinajstić information content (AvgIpc) is 3.30. The third-order valence-corrected chi connectivity index (χ3v) is 5.76. The predicted octanol–water partition coefficient (Wildman–Crippen LogP) is 2.36. The smallest absolute Gasteiger partial charge is 0.308 e. The molecule has 0 saturated heterocycles. The highest BCUT2D eigenvalue weighted by molar-refractivity contribution is 6.12. The Morgan fingerprint density at radius 2 is 1.97 bits per heavy atom. The van der Waals surface area contributed by atoms with Gasteiger partial charge in [-0.3, -0.25) is 19.4 Å². The SMILES string of the molecule is COCCOC(=O)C[C@H](NC(=O)[C@]1(C(C)C)CC(c2nccc3ccccc23)=NO1)C(=O)CF. The van der Waals surface area contributed by atoms with E-state index in [1.165, 1.54) is 7.11 Å². The number of hydrogen-bond donors (Lipinski definition) is 1. The van der Waals surface area contributed by atoms with Crippen molar-refractivity contribution in [3.63, 3.8) is 0 Å². The Bertz CT molecular complexity index is 1080. The number of ether oxygens (including phenoxy) is 2. The molecule has 3 rings (SSSR count). The Kier molecular flexibility index (Phi) is 8.27. The monoisotopic (exact) mass is 473 g/mol. The second-order valence-corrected chi connectivity index (χ2v) is 8.27. The van der Waals surface area contributed by atoms with Gasteiger partial charge in [0, 0.05) is 31.0 Å². The number of carbonyl (C=O) groups excluding carboxylic acids is 3. The zero-order chi connectivity index (χ0) is 24.7. The maximum absolute atomic E-state index is 13.3. The molecule has 1 N–H and O–H groups in total. The van der Waals surface area contributed by atoms with E-state index in [0.717, 1.165) is 10.8 Å². The maximum atomic E-state index is 13.3. The minimum Gasteiger partial charge on any atom is -0.463 e. The number of halogens is 1.